The van der Waals surface area contributed by atoms with Crippen LogP contribution in [0.15, 0.2) is 71.5 Å². The van der Waals surface area contributed by atoms with E-state index in [0.29, 0.717) is 33.8 Å². The second-order valence-corrected chi connectivity index (χ2v) is 8.40. The Balaban J connectivity index is 1.40. The summed E-state index contributed by atoms with van der Waals surface area (Å²) in [5.41, 5.74) is 1.94. The van der Waals surface area contributed by atoms with E-state index in [0.717, 1.165) is 10.1 Å². The molecule has 3 aromatic carbocycles. The largest absolute Gasteiger partial charge is 0.474 e. The number of rotatable bonds is 8. The van der Waals surface area contributed by atoms with Gasteiger partial charge in [-0.3, -0.25) is 4.57 Å². The lowest BCUT2D eigenvalue weighted by atomic mass is 10.1. The number of nitrogens with zero attached hydrogens (tertiary/aromatic N) is 2. The van der Waals surface area contributed by atoms with Crippen LogP contribution in [0.4, 0.5) is 4.79 Å². The third-order valence-corrected chi connectivity index (χ3v) is 6.00. The van der Waals surface area contributed by atoms with E-state index in [1.54, 1.807) is 80.6 Å². The monoisotopic (exact) mass is 518 g/mol. The van der Waals surface area contributed by atoms with E-state index in [-0.39, 0.29) is 26.6 Å². The molecule has 38 heavy (non-hydrogen) atoms. The van der Waals surface area contributed by atoms with Gasteiger partial charge >= 0.3 is 17.8 Å². The number of carbonyl (C=O) groups excluding carboxylic acids is 2. The first-order chi connectivity index (χ1) is 18.5. The minimum Gasteiger partial charge on any atom is -0.474 e. The molecule has 1 atom stereocenters. The van der Waals surface area contributed by atoms with Gasteiger partial charge in [0.15, 0.2) is 11.5 Å². The molecular formula is C28H26N2O8. The van der Waals surface area contributed by atoms with Crippen molar-refractivity contribution >= 4 is 23.1 Å². The summed E-state index contributed by atoms with van der Waals surface area (Å²) in [6.07, 6.45) is -1.73. The summed E-state index contributed by atoms with van der Waals surface area (Å²) < 4.78 is 29.7. The van der Waals surface area contributed by atoms with E-state index in [4.69, 9.17) is 23.7 Å². The number of para-hydroxylation sites is 2. The first kappa shape index (κ1) is 24.9. The van der Waals surface area contributed by atoms with Gasteiger partial charge in [-0.05, 0) is 55.8 Å². The molecule has 0 N–H and O–H groups in total. The number of imidazole rings is 1. The molecular weight excluding hydrogens is 492 g/mol. The molecule has 0 saturated carbocycles. The van der Waals surface area contributed by atoms with E-state index in [2.05, 4.69) is 0 Å². The minimum atomic E-state index is -1.01. The molecule has 5 rings (SSSR count). The average molecular weight is 519 g/mol. The van der Waals surface area contributed by atoms with Crippen molar-refractivity contribution in [3.05, 3.63) is 88.3 Å². The molecule has 196 valence electrons. The van der Waals surface area contributed by atoms with Gasteiger partial charge < -0.3 is 23.7 Å². The first-order valence-corrected chi connectivity index (χ1v) is 12.2. The van der Waals surface area contributed by atoms with Crippen LogP contribution >= 0.6 is 0 Å². The second kappa shape index (κ2) is 10.7. The lowest BCUT2D eigenvalue weighted by Gasteiger charge is -2.18. The van der Waals surface area contributed by atoms with Gasteiger partial charge in [-0.15, -0.1) is 0 Å². The first-order valence-electron chi connectivity index (χ1n) is 12.2. The summed E-state index contributed by atoms with van der Waals surface area (Å²) in [6.45, 7) is 4.11. The van der Waals surface area contributed by atoms with Gasteiger partial charge in [0.1, 0.15) is 5.75 Å². The number of fused-ring (bicyclic) bond motifs is 2. The Hall–Kier alpha value is -4.73. The Morgan fingerprint density at radius 2 is 1.61 bits per heavy atom. The van der Waals surface area contributed by atoms with E-state index in [1.807, 2.05) is 0 Å². The fourth-order valence-electron chi connectivity index (χ4n) is 4.26. The molecule has 0 fully saturated rings. The Morgan fingerprint density at radius 1 is 0.895 bits per heavy atom. The highest BCUT2D eigenvalue weighted by Gasteiger charge is 2.27. The molecule has 1 unspecified atom stereocenters. The van der Waals surface area contributed by atoms with Crippen LogP contribution in [-0.4, -0.2) is 41.2 Å². The number of esters is 1. The molecule has 1 aromatic heterocycles. The molecule has 2 heterocycles. The fraction of sp³-hybridized carbons (Fsp3) is 0.250. The van der Waals surface area contributed by atoms with E-state index in [1.165, 1.54) is 4.57 Å². The number of benzene rings is 3. The lowest BCUT2D eigenvalue weighted by molar-refractivity contribution is -0.151. The molecule has 0 amide bonds. The van der Waals surface area contributed by atoms with Crippen molar-refractivity contribution in [3.63, 3.8) is 0 Å². The Labute approximate surface area is 217 Å². The predicted molar refractivity (Wildman–Crippen MR) is 137 cm³/mol. The van der Waals surface area contributed by atoms with Crippen LogP contribution in [0.2, 0.25) is 0 Å². The van der Waals surface area contributed by atoms with Crippen molar-refractivity contribution in [1.29, 1.82) is 0 Å². The summed E-state index contributed by atoms with van der Waals surface area (Å²) in [7, 11) is 0. The summed E-state index contributed by atoms with van der Waals surface area (Å²) in [6, 6.07) is 19.2. The zero-order valence-corrected chi connectivity index (χ0v) is 20.9. The molecule has 0 bridgehead atoms. The number of hydrogen-bond donors (Lipinski definition) is 0. The Morgan fingerprint density at radius 3 is 2.34 bits per heavy atom. The van der Waals surface area contributed by atoms with Crippen LogP contribution in [0.1, 0.15) is 31.1 Å². The molecule has 0 aliphatic carbocycles. The average Bonchev–Trinajstić information content (AvgIpc) is 3.50. The Kier molecular flexibility index (Phi) is 7.03. The van der Waals surface area contributed by atoms with Gasteiger partial charge in [-0.25, -0.2) is 14.4 Å². The standard InChI is InChI=1S/C28H26N2O8/c1-3-34-26(31)25(19-11-14-23-24(15-19)37-17-36-23)38-20-12-9-18(10-13-20)16-29-21-7-5-6-8-22(21)30(27(29)32)28(33)35-4-2/h5-15,25H,3-4,16-17H2,1-2H3. The van der Waals surface area contributed by atoms with Crippen LogP contribution in [0, 0.1) is 0 Å². The minimum absolute atomic E-state index is 0.118. The van der Waals surface area contributed by atoms with Gasteiger partial charge in [0.25, 0.3) is 0 Å². The molecule has 0 radical (unpaired) electrons. The molecule has 0 spiro atoms. The summed E-state index contributed by atoms with van der Waals surface area (Å²) >= 11 is 0. The van der Waals surface area contributed by atoms with E-state index >= 15 is 0 Å². The second-order valence-electron chi connectivity index (χ2n) is 8.40. The third-order valence-electron chi connectivity index (χ3n) is 6.00. The SMILES string of the molecule is CCOC(=O)C(Oc1ccc(Cn2c(=O)n(C(=O)OCC)c3ccccc32)cc1)c1ccc2c(c1)OCO2. The summed E-state index contributed by atoms with van der Waals surface area (Å²) in [5, 5.41) is 0. The normalized spacial score (nSPS) is 12.8. The van der Waals surface area contributed by atoms with Gasteiger partial charge in [0.2, 0.25) is 12.9 Å². The molecule has 0 saturated heterocycles. The third kappa shape index (κ3) is 4.80. The van der Waals surface area contributed by atoms with Crippen molar-refractivity contribution in [3.8, 4) is 17.2 Å². The van der Waals surface area contributed by atoms with Crippen molar-refractivity contribution in [2.45, 2.75) is 26.5 Å². The summed E-state index contributed by atoms with van der Waals surface area (Å²) in [5.74, 6) is 1.03. The molecule has 10 heteroatoms. The highest BCUT2D eigenvalue weighted by molar-refractivity contribution is 5.87. The van der Waals surface area contributed by atoms with E-state index < -0.39 is 23.9 Å². The number of carbonyl (C=O) groups is 2. The molecule has 10 nitrogen and oxygen atoms in total. The van der Waals surface area contributed by atoms with Crippen molar-refractivity contribution in [1.82, 2.24) is 9.13 Å². The van der Waals surface area contributed by atoms with Crippen molar-refractivity contribution in [2.75, 3.05) is 20.0 Å². The van der Waals surface area contributed by atoms with Crippen molar-refractivity contribution in [2.24, 2.45) is 0 Å². The van der Waals surface area contributed by atoms with Crippen molar-refractivity contribution < 1.29 is 33.3 Å². The summed E-state index contributed by atoms with van der Waals surface area (Å²) in [4.78, 5) is 38.3. The molecule has 1 aliphatic rings. The number of aromatic nitrogens is 2. The fourth-order valence-corrected chi connectivity index (χ4v) is 4.26. The van der Waals surface area contributed by atoms with Crippen LogP contribution < -0.4 is 19.9 Å². The van der Waals surface area contributed by atoms with Crippen LogP contribution in [0.5, 0.6) is 17.2 Å². The van der Waals surface area contributed by atoms with E-state index in [9.17, 15) is 14.4 Å². The lowest BCUT2D eigenvalue weighted by Crippen LogP contribution is -2.30. The van der Waals surface area contributed by atoms with Gasteiger partial charge in [0.05, 0.1) is 30.8 Å². The maximum absolute atomic E-state index is 13.1. The topological polar surface area (TPSA) is 107 Å². The van der Waals surface area contributed by atoms with Gasteiger partial charge in [-0.2, -0.15) is 4.57 Å². The molecule has 4 aromatic rings. The number of hydrogen-bond acceptors (Lipinski definition) is 8. The Bertz CT molecular complexity index is 1540. The van der Waals surface area contributed by atoms with Gasteiger partial charge in [0, 0.05) is 5.56 Å². The van der Waals surface area contributed by atoms with Crippen LogP contribution in [-0.2, 0) is 20.8 Å². The zero-order chi connectivity index (χ0) is 26.6. The molecule has 1 aliphatic heterocycles. The quantitative estimate of drug-likeness (QED) is 0.319. The maximum atomic E-state index is 13.1. The number of ether oxygens (including phenoxy) is 5. The van der Waals surface area contributed by atoms with Crippen LogP contribution in [0.3, 0.4) is 0 Å². The maximum Gasteiger partial charge on any atom is 0.422 e. The van der Waals surface area contributed by atoms with Crippen LogP contribution in [0.25, 0.3) is 11.0 Å². The highest BCUT2D eigenvalue weighted by Crippen LogP contribution is 2.35. The smallest absolute Gasteiger partial charge is 0.422 e. The highest BCUT2D eigenvalue weighted by atomic mass is 16.7. The van der Waals surface area contributed by atoms with Gasteiger partial charge in [-0.1, -0.05) is 30.3 Å². The zero-order valence-electron chi connectivity index (χ0n) is 20.9. The predicted octanol–water partition coefficient (Wildman–Crippen LogP) is 4.27.